The third-order valence-electron chi connectivity index (χ3n) is 3.05. The zero-order chi connectivity index (χ0) is 12.7. The van der Waals surface area contributed by atoms with Crippen LogP contribution in [0.5, 0.6) is 0 Å². The molecule has 0 spiro atoms. The molecule has 2 aromatic heterocycles. The van der Waals surface area contributed by atoms with E-state index in [1.54, 1.807) is 24.4 Å². The quantitative estimate of drug-likeness (QED) is 0.858. The van der Waals surface area contributed by atoms with Gasteiger partial charge in [-0.3, -0.25) is 14.1 Å². The van der Waals surface area contributed by atoms with Crippen molar-refractivity contribution in [1.82, 2.24) is 14.3 Å². The predicted octanol–water partition coefficient (Wildman–Crippen LogP) is 0.491. The highest BCUT2D eigenvalue weighted by Crippen LogP contribution is 2.11. The molecular weight excluding hydrogens is 252 g/mol. The van der Waals surface area contributed by atoms with E-state index >= 15 is 0 Å². The van der Waals surface area contributed by atoms with Crippen LogP contribution in [0.2, 0.25) is 5.02 Å². The number of hydrogen-bond acceptors (Lipinski definition) is 4. The molecule has 0 unspecified atom stereocenters. The second-order valence-electron chi connectivity index (χ2n) is 4.62. The van der Waals surface area contributed by atoms with Crippen molar-refractivity contribution < 1.29 is 0 Å². The van der Waals surface area contributed by atoms with Gasteiger partial charge >= 0.3 is 0 Å². The second-order valence-corrected chi connectivity index (χ2v) is 5.05. The first-order valence-electron chi connectivity index (χ1n) is 5.77. The molecule has 1 fully saturated rings. The molecule has 0 amide bonds. The number of fused-ring (bicyclic) bond motifs is 1. The third kappa shape index (κ3) is 2.12. The SMILES string of the molecule is NC1CN(Cc2cc(=O)n3cc(Cl)ccc3n2)C1. The monoisotopic (exact) mass is 264 g/mol. The molecule has 94 valence electrons. The lowest BCUT2D eigenvalue weighted by molar-refractivity contribution is 0.140. The fraction of sp³-hybridized carbons (Fsp3) is 0.333. The summed E-state index contributed by atoms with van der Waals surface area (Å²) in [6, 6.07) is 5.28. The average molecular weight is 265 g/mol. The molecule has 3 rings (SSSR count). The van der Waals surface area contributed by atoms with Crippen LogP contribution in [0, 0.1) is 0 Å². The molecule has 0 aliphatic carbocycles. The number of likely N-dealkylation sites (tertiary alicyclic amines) is 1. The summed E-state index contributed by atoms with van der Waals surface area (Å²) in [6.45, 7) is 2.39. The summed E-state index contributed by atoms with van der Waals surface area (Å²) >= 11 is 5.85. The first-order chi connectivity index (χ1) is 8.61. The molecule has 1 aliphatic rings. The molecule has 5 nitrogen and oxygen atoms in total. The Morgan fingerprint density at radius 2 is 2.22 bits per heavy atom. The van der Waals surface area contributed by atoms with E-state index in [-0.39, 0.29) is 11.6 Å². The molecular formula is C12H13ClN4O. The maximum atomic E-state index is 11.9. The van der Waals surface area contributed by atoms with Gasteiger partial charge in [0.2, 0.25) is 0 Å². The number of hydrogen-bond donors (Lipinski definition) is 1. The molecule has 0 atom stereocenters. The Morgan fingerprint density at radius 1 is 1.44 bits per heavy atom. The van der Waals surface area contributed by atoms with E-state index in [4.69, 9.17) is 17.3 Å². The fourth-order valence-electron chi connectivity index (χ4n) is 2.18. The van der Waals surface area contributed by atoms with E-state index in [1.165, 1.54) is 4.40 Å². The zero-order valence-corrected chi connectivity index (χ0v) is 10.5. The Hall–Kier alpha value is -1.43. The Balaban J connectivity index is 1.95. The molecule has 0 radical (unpaired) electrons. The van der Waals surface area contributed by atoms with Gasteiger partial charge in [-0.15, -0.1) is 0 Å². The normalized spacial score (nSPS) is 17.0. The first kappa shape index (κ1) is 11.6. The van der Waals surface area contributed by atoms with Crippen LogP contribution in [0.1, 0.15) is 5.69 Å². The molecule has 1 aliphatic heterocycles. The minimum atomic E-state index is -0.109. The number of halogens is 1. The van der Waals surface area contributed by atoms with E-state index in [9.17, 15) is 4.79 Å². The number of rotatable bonds is 2. The van der Waals surface area contributed by atoms with Crippen molar-refractivity contribution in [1.29, 1.82) is 0 Å². The molecule has 0 saturated carbocycles. The molecule has 0 bridgehead atoms. The number of nitrogens with two attached hydrogens (primary N) is 1. The van der Waals surface area contributed by atoms with E-state index in [2.05, 4.69) is 9.88 Å². The largest absolute Gasteiger partial charge is 0.325 e. The van der Waals surface area contributed by atoms with Gasteiger partial charge in [0.05, 0.1) is 10.7 Å². The topological polar surface area (TPSA) is 63.6 Å². The van der Waals surface area contributed by atoms with E-state index in [0.29, 0.717) is 17.2 Å². The highest BCUT2D eigenvalue weighted by atomic mass is 35.5. The van der Waals surface area contributed by atoms with Crippen molar-refractivity contribution >= 4 is 17.2 Å². The molecule has 0 aromatic carbocycles. The molecule has 18 heavy (non-hydrogen) atoms. The Bertz CT molecular complexity index is 648. The highest BCUT2D eigenvalue weighted by molar-refractivity contribution is 6.30. The zero-order valence-electron chi connectivity index (χ0n) is 9.71. The minimum absolute atomic E-state index is 0.109. The third-order valence-corrected chi connectivity index (χ3v) is 3.27. The summed E-state index contributed by atoms with van der Waals surface area (Å²) < 4.78 is 1.45. The maximum absolute atomic E-state index is 11.9. The van der Waals surface area contributed by atoms with E-state index in [1.807, 2.05) is 0 Å². The van der Waals surface area contributed by atoms with Crippen LogP contribution in [-0.4, -0.2) is 33.4 Å². The summed E-state index contributed by atoms with van der Waals surface area (Å²) in [5, 5.41) is 0.521. The van der Waals surface area contributed by atoms with Crippen molar-refractivity contribution in [2.75, 3.05) is 13.1 Å². The molecule has 3 heterocycles. The Morgan fingerprint density at radius 3 is 2.94 bits per heavy atom. The van der Waals surface area contributed by atoms with Gasteiger partial charge in [-0.1, -0.05) is 11.6 Å². The van der Waals surface area contributed by atoms with Gasteiger partial charge in [-0.25, -0.2) is 4.98 Å². The maximum Gasteiger partial charge on any atom is 0.258 e. The standard InChI is InChI=1S/C12H13ClN4O/c13-8-1-2-11-15-10(3-12(18)17(11)4-8)7-16-5-9(14)6-16/h1-4,9H,5-7,14H2. The van der Waals surface area contributed by atoms with E-state index in [0.717, 1.165) is 18.8 Å². The lowest BCUT2D eigenvalue weighted by atomic mass is 10.1. The van der Waals surface area contributed by atoms with Crippen molar-refractivity contribution in [3.05, 3.63) is 45.5 Å². The van der Waals surface area contributed by atoms with Crippen LogP contribution in [0.15, 0.2) is 29.2 Å². The van der Waals surface area contributed by atoms with Crippen LogP contribution in [-0.2, 0) is 6.54 Å². The van der Waals surface area contributed by atoms with Gasteiger partial charge in [-0.2, -0.15) is 0 Å². The number of pyridine rings is 1. The molecule has 6 heteroatoms. The van der Waals surface area contributed by atoms with Gasteiger partial charge in [0, 0.05) is 37.9 Å². The summed E-state index contributed by atoms with van der Waals surface area (Å²) in [5.74, 6) is 0. The number of aromatic nitrogens is 2. The van der Waals surface area contributed by atoms with Crippen molar-refractivity contribution in [2.24, 2.45) is 5.73 Å². The lowest BCUT2D eigenvalue weighted by Crippen LogP contribution is -2.55. The van der Waals surface area contributed by atoms with Crippen LogP contribution in [0.25, 0.3) is 5.65 Å². The van der Waals surface area contributed by atoms with Crippen LogP contribution in [0.4, 0.5) is 0 Å². The van der Waals surface area contributed by atoms with Crippen molar-refractivity contribution in [2.45, 2.75) is 12.6 Å². The molecule has 2 aromatic rings. The summed E-state index contributed by atoms with van der Waals surface area (Å²) in [7, 11) is 0. The van der Waals surface area contributed by atoms with Crippen LogP contribution >= 0.6 is 11.6 Å². The first-order valence-corrected chi connectivity index (χ1v) is 6.15. The summed E-state index contributed by atoms with van der Waals surface area (Å²) in [6.07, 6.45) is 1.58. The van der Waals surface area contributed by atoms with Crippen LogP contribution in [0.3, 0.4) is 0 Å². The molecule has 2 N–H and O–H groups in total. The van der Waals surface area contributed by atoms with Crippen molar-refractivity contribution in [3.63, 3.8) is 0 Å². The lowest BCUT2D eigenvalue weighted by Gasteiger charge is -2.36. The van der Waals surface area contributed by atoms with Gasteiger partial charge < -0.3 is 5.73 Å². The van der Waals surface area contributed by atoms with Crippen LogP contribution < -0.4 is 11.3 Å². The minimum Gasteiger partial charge on any atom is -0.325 e. The Labute approximate surface area is 109 Å². The Kier molecular flexibility index (Phi) is 2.81. The average Bonchev–Trinajstić information content (AvgIpc) is 2.28. The van der Waals surface area contributed by atoms with Crippen molar-refractivity contribution in [3.8, 4) is 0 Å². The number of nitrogens with zero attached hydrogens (tertiary/aromatic N) is 3. The summed E-state index contributed by atoms with van der Waals surface area (Å²) in [4.78, 5) is 18.5. The fourth-order valence-corrected chi connectivity index (χ4v) is 2.34. The second kappa shape index (κ2) is 4.35. The van der Waals surface area contributed by atoms with Gasteiger partial charge in [-0.05, 0) is 12.1 Å². The van der Waals surface area contributed by atoms with Gasteiger partial charge in [0.1, 0.15) is 5.65 Å². The summed E-state index contributed by atoms with van der Waals surface area (Å²) in [5.41, 5.74) is 7.00. The van der Waals surface area contributed by atoms with Gasteiger partial charge in [0.15, 0.2) is 0 Å². The van der Waals surface area contributed by atoms with Gasteiger partial charge in [0.25, 0.3) is 5.56 Å². The van der Waals surface area contributed by atoms with E-state index < -0.39 is 0 Å². The molecule has 1 saturated heterocycles. The predicted molar refractivity (Wildman–Crippen MR) is 69.7 cm³/mol. The highest BCUT2D eigenvalue weighted by Gasteiger charge is 2.23. The smallest absolute Gasteiger partial charge is 0.258 e.